The average molecular weight is 490 g/mol. The minimum Gasteiger partial charge on any atom is -0.484 e. The number of hydrogen-bond donors (Lipinski definition) is 4. The van der Waals surface area contributed by atoms with Gasteiger partial charge in [-0.05, 0) is 57.0 Å². The van der Waals surface area contributed by atoms with Gasteiger partial charge in [0.1, 0.15) is 17.7 Å². The summed E-state index contributed by atoms with van der Waals surface area (Å²) in [6.07, 6.45) is -0.935. The zero-order chi connectivity index (χ0) is 25.4. The first-order valence-electron chi connectivity index (χ1n) is 12.0. The number of ether oxygens (including phenoxy) is 1. The second-order valence-corrected chi connectivity index (χ2v) is 9.35. The maximum absolute atomic E-state index is 13.0. The van der Waals surface area contributed by atoms with Crippen LogP contribution in [0, 0.1) is 33.6 Å². The summed E-state index contributed by atoms with van der Waals surface area (Å²) in [5.74, 6) is 0.394. The van der Waals surface area contributed by atoms with Crippen molar-refractivity contribution in [2.24, 2.45) is 5.92 Å². The number of carbonyl (C=O) groups is 2. The Morgan fingerprint density at radius 3 is 2.69 bits per heavy atom. The van der Waals surface area contributed by atoms with Gasteiger partial charge in [-0.3, -0.25) is 19.9 Å². The predicted molar refractivity (Wildman–Crippen MR) is 136 cm³/mol. The average Bonchev–Trinajstić information content (AvgIpc) is 3.44. The van der Waals surface area contributed by atoms with E-state index in [4.69, 9.17) is 4.74 Å². The largest absolute Gasteiger partial charge is 0.484 e. The van der Waals surface area contributed by atoms with E-state index in [-0.39, 0.29) is 30.5 Å². The van der Waals surface area contributed by atoms with E-state index in [2.05, 4.69) is 46.4 Å². The number of aromatic nitrogens is 2. The Kier molecular flexibility index (Phi) is 6.38. The first-order valence-corrected chi connectivity index (χ1v) is 12.0. The van der Waals surface area contributed by atoms with Gasteiger partial charge in [0.05, 0.1) is 17.3 Å². The van der Waals surface area contributed by atoms with E-state index in [9.17, 15) is 9.59 Å². The van der Waals surface area contributed by atoms with Crippen LogP contribution in [0.4, 0.5) is 11.5 Å². The van der Waals surface area contributed by atoms with Gasteiger partial charge in [-0.2, -0.15) is 5.10 Å². The summed E-state index contributed by atoms with van der Waals surface area (Å²) in [5, 5.41) is 15.9. The molecule has 3 heterocycles. The molecule has 0 saturated carbocycles. The SMILES string of the molecule is Cc1ccc(OCC(=O)Nc2cc(C)nn2C2NC(=O)C3CNN(c4cccc(C)c4C)C3N2)cc1. The molecule has 10 heteroatoms. The molecule has 2 aromatic carbocycles. The minimum atomic E-state index is -0.645. The highest BCUT2D eigenvalue weighted by Crippen LogP contribution is 2.31. The van der Waals surface area contributed by atoms with Gasteiger partial charge in [-0.15, -0.1) is 0 Å². The van der Waals surface area contributed by atoms with Crippen LogP contribution in [0.25, 0.3) is 0 Å². The minimum absolute atomic E-state index is 0.0859. The highest BCUT2D eigenvalue weighted by Gasteiger charge is 2.45. The number of rotatable bonds is 6. The molecular formula is C26H31N7O3. The summed E-state index contributed by atoms with van der Waals surface area (Å²) < 4.78 is 7.19. The lowest BCUT2D eigenvalue weighted by molar-refractivity contribution is -0.129. The number of anilines is 2. The molecule has 0 radical (unpaired) electrons. The molecule has 2 amide bonds. The summed E-state index contributed by atoms with van der Waals surface area (Å²) in [4.78, 5) is 25.7. The zero-order valence-corrected chi connectivity index (χ0v) is 20.8. The number of nitrogens with zero attached hydrogens (tertiary/aromatic N) is 3. The lowest BCUT2D eigenvalue weighted by Gasteiger charge is -2.38. The molecule has 2 saturated heterocycles. The van der Waals surface area contributed by atoms with Crippen LogP contribution in [0.15, 0.2) is 48.5 Å². The van der Waals surface area contributed by atoms with Gasteiger partial charge in [0.25, 0.3) is 5.91 Å². The Morgan fingerprint density at radius 2 is 1.92 bits per heavy atom. The fraction of sp³-hybridized carbons (Fsp3) is 0.346. The maximum atomic E-state index is 13.0. The van der Waals surface area contributed by atoms with Crippen molar-refractivity contribution in [1.82, 2.24) is 25.8 Å². The summed E-state index contributed by atoms with van der Waals surface area (Å²) in [7, 11) is 0. The van der Waals surface area contributed by atoms with Crippen molar-refractivity contribution in [2.45, 2.75) is 40.2 Å². The standard InChI is InChI=1S/C26H31N7O3/c1-15-8-10-19(11-9-15)36-14-23(34)28-22-12-17(3)31-33(22)26-29-24-20(25(35)30-26)13-27-32(24)21-7-5-6-16(2)18(21)4/h5-12,20,24,26-27,29H,13-14H2,1-4H3,(H,28,34)(H,30,35). The molecule has 3 atom stereocenters. The molecule has 188 valence electrons. The van der Waals surface area contributed by atoms with Gasteiger partial charge >= 0.3 is 0 Å². The van der Waals surface area contributed by atoms with E-state index in [0.717, 1.165) is 16.8 Å². The Balaban J connectivity index is 1.32. The second kappa shape index (κ2) is 9.63. The van der Waals surface area contributed by atoms with Crippen LogP contribution in [-0.4, -0.2) is 40.9 Å². The van der Waals surface area contributed by atoms with Crippen molar-refractivity contribution in [1.29, 1.82) is 0 Å². The van der Waals surface area contributed by atoms with Gasteiger partial charge < -0.3 is 15.4 Å². The molecule has 3 aromatic rings. The summed E-state index contributed by atoms with van der Waals surface area (Å²) in [5.41, 5.74) is 8.53. The molecule has 10 nitrogen and oxygen atoms in total. The number of carbonyl (C=O) groups excluding carboxylic acids is 2. The topological polar surface area (TPSA) is 113 Å². The lowest BCUT2D eigenvalue weighted by atomic mass is 10.0. The van der Waals surface area contributed by atoms with Gasteiger partial charge in [0.15, 0.2) is 12.9 Å². The zero-order valence-electron chi connectivity index (χ0n) is 20.8. The molecule has 3 unspecified atom stereocenters. The third-order valence-electron chi connectivity index (χ3n) is 6.68. The van der Waals surface area contributed by atoms with Crippen LogP contribution in [-0.2, 0) is 9.59 Å². The van der Waals surface area contributed by atoms with E-state index >= 15 is 0 Å². The summed E-state index contributed by atoms with van der Waals surface area (Å²) >= 11 is 0. The number of aryl methyl sites for hydroxylation is 3. The molecule has 2 fully saturated rings. The third-order valence-corrected chi connectivity index (χ3v) is 6.68. The van der Waals surface area contributed by atoms with Crippen molar-refractivity contribution < 1.29 is 14.3 Å². The number of hydrogen-bond acceptors (Lipinski definition) is 7. The van der Waals surface area contributed by atoms with Crippen molar-refractivity contribution in [3.63, 3.8) is 0 Å². The van der Waals surface area contributed by atoms with Gasteiger partial charge in [0.2, 0.25) is 5.91 Å². The van der Waals surface area contributed by atoms with Gasteiger partial charge in [-0.25, -0.2) is 10.1 Å². The molecule has 2 aliphatic rings. The first kappa shape index (κ1) is 23.8. The summed E-state index contributed by atoms with van der Waals surface area (Å²) in [6, 6.07) is 15.4. The maximum Gasteiger partial charge on any atom is 0.263 e. The molecule has 36 heavy (non-hydrogen) atoms. The van der Waals surface area contributed by atoms with Gasteiger partial charge in [-0.1, -0.05) is 29.8 Å². The lowest BCUT2D eigenvalue weighted by Crippen LogP contribution is -2.62. The van der Waals surface area contributed by atoms with E-state index in [1.165, 1.54) is 5.56 Å². The van der Waals surface area contributed by atoms with E-state index in [0.29, 0.717) is 23.8 Å². The van der Waals surface area contributed by atoms with Crippen molar-refractivity contribution in [3.05, 3.63) is 70.9 Å². The Hall–Kier alpha value is -3.89. The second-order valence-electron chi connectivity index (χ2n) is 9.35. The fourth-order valence-corrected chi connectivity index (χ4v) is 4.59. The number of nitrogens with one attached hydrogen (secondary N) is 4. The highest BCUT2D eigenvalue weighted by atomic mass is 16.5. The van der Waals surface area contributed by atoms with Crippen LogP contribution in [0.2, 0.25) is 0 Å². The number of hydrazine groups is 1. The number of benzene rings is 2. The predicted octanol–water partition coefficient (Wildman–Crippen LogP) is 2.28. The molecular weight excluding hydrogens is 458 g/mol. The third kappa shape index (κ3) is 4.65. The van der Waals surface area contributed by atoms with Crippen molar-refractivity contribution in [3.8, 4) is 5.75 Å². The Labute approximate surface area is 210 Å². The molecule has 1 aromatic heterocycles. The van der Waals surface area contributed by atoms with Crippen LogP contribution in [0.3, 0.4) is 0 Å². The molecule has 2 aliphatic heterocycles. The highest BCUT2D eigenvalue weighted by molar-refractivity contribution is 5.91. The Bertz CT molecular complexity index is 1290. The molecule has 4 N–H and O–H groups in total. The van der Waals surface area contributed by atoms with Crippen LogP contribution >= 0.6 is 0 Å². The van der Waals surface area contributed by atoms with E-state index in [1.54, 1.807) is 10.7 Å². The molecule has 0 bridgehead atoms. The van der Waals surface area contributed by atoms with Crippen LogP contribution in [0.1, 0.15) is 28.7 Å². The fourth-order valence-electron chi connectivity index (χ4n) is 4.59. The Morgan fingerprint density at radius 1 is 1.14 bits per heavy atom. The first-order chi connectivity index (χ1) is 17.3. The van der Waals surface area contributed by atoms with Crippen molar-refractivity contribution >= 4 is 23.3 Å². The van der Waals surface area contributed by atoms with Crippen molar-refractivity contribution in [2.75, 3.05) is 23.5 Å². The van der Waals surface area contributed by atoms with Crippen LogP contribution < -0.4 is 31.1 Å². The van der Waals surface area contributed by atoms with E-state index < -0.39 is 6.29 Å². The van der Waals surface area contributed by atoms with E-state index in [1.807, 2.05) is 55.3 Å². The smallest absolute Gasteiger partial charge is 0.263 e. The van der Waals surface area contributed by atoms with Crippen LogP contribution in [0.5, 0.6) is 5.75 Å². The molecule has 5 rings (SSSR count). The normalized spacial score (nSPS) is 21.2. The number of amides is 2. The summed E-state index contributed by atoms with van der Waals surface area (Å²) in [6.45, 7) is 8.34. The quantitative estimate of drug-likeness (QED) is 0.420. The molecule has 0 aliphatic carbocycles. The van der Waals surface area contributed by atoms with Gasteiger partial charge in [0, 0.05) is 12.6 Å². The molecule has 0 spiro atoms. The number of fused-ring (bicyclic) bond motifs is 1. The monoisotopic (exact) mass is 489 g/mol.